The van der Waals surface area contributed by atoms with Crippen LogP contribution in [0.1, 0.15) is 12.1 Å². The third-order valence-corrected chi connectivity index (χ3v) is 3.48. The maximum absolute atomic E-state index is 12.8. The molecule has 0 aromatic carbocycles. The van der Waals surface area contributed by atoms with E-state index in [9.17, 15) is 13.2 Å². The van der Waals surface area contributed by atoms with Gasteiger partial charge in [-0.2, -0.15) is 13.2 Å². The van der Waals surface area contributed by atoms with Gasteiger partial charge in [0, 0.05) is 24.6 Å². The van der Waals surface area contributed by atoms with E-state index in [0.717, 1.165) is 5.69 Å². The van der Waals surface area contributed by atoms with E-state index >= 15 is 0 Å². The summed E-state index contributed by atoms with van der Waals surface area (Å²) in [6, 6.07) is -1.50. The number of hydrogen-bond acceptors (Lipinski definition) is 3. The van der Waals surface area contributed by atoms with Crippen molar-refractivity contribution >= 4 is 23.1 Å². The Labute approximate surface area is 111 Å². The topological polar surface area (TPSA) is 33.4 Å². The molecule has 102 valence electrons. The largest absolute Gasteiger partial charge is 0.408 e. The van der Waals surface area contributed by atoms with Gasteiger partial charge >= 0.3 is 6.18 Å². The lowest BCUT2D eigenvalue weighted by molar-refractivity contribution is -0.159. The molecule has 0 unspecified atom stereocenters. The molecule has 1 aliphatic rings. The lowest BCUT2D eigenvalue weighted by Gasteiger charge is -2.42. The molecule has 0 amide bonds. The molecular weight excluding hydrogens is 281 g/mol. The number of rotatable bonds is 1. The molecule has 2 aromatic rings. The minimum Gasteiger partial charge on any atom is -0.341 e. The van der Waals surface area contributed by atoms with Crippen LogP contribution in [0.2, 0.25) is 5.15 Å². The lowest BCUT2D eigenvalue weighted by atomic mass is 10.0. The zero-order valence-electron chi connectivity index (χ0n) is 9.95. The normalized spacial score (nSPS) is 19.8. The number of alkyl halides is 3. The summed E-state index contributed by atoms with van der Waals surface area (Å²) in [4.78, 5) is 9.32. The van der Waals surface area contributed by atoms with E-state index in [2.05, 4.69) is 9.97 Å². The molecule has 0 bridgehead atoms. The number of fused-ring (bicyclic) bond motifs is 1. The summed E-state index contributed by atoms with van der Waals surface area (Å²) in [5.74, 6) is 0.189. The van der Waals surface area contributed by atoms with Crippen LogP contribution in [0.5, 0.6) is 0 Å². The quantitative estimate of drug-likeness (QED) is 0.810. The maximum Gasteiger partial charge on any atom is 0.408 e. The van der Waals surface area contributed by atoms with Crippen LogP contribution < -0.4 is 4.90 Å². The van der Waals surface area contributed by atoms with E-state index in [1.807, 2.05) is 0 Å². The van der Waals surface area contributed by atoms with Gasteiger partial charge in [0.1, 0.15) is 11.2 Å². The third kappa shape index (κ3) is 1.92. The minimum atomic E-state index is -4.26. The Balaban J connectivity index is 2.10. The van der Waals surface area contributed by atoms with Gasteiger partial charge in [0.05, 0.1) is 0 Å². The summed E-state index contributed by atoms with van der Waals surface area (Å²) in [7, 11) is 0. The van der Waals surface area contributed by atoms with E-state index in [-0.39, 0.29) is 17.4 Å². The van der Waals surface area contributed by atoms with Crippen molar-refractivity contribution in [3.63, 3.8) is 0 Å². The van der Waals surface area contributed by atoms with Crippen LogP contribution in [-0.2, 0) is 0 Å². The molecule has 3 heterocycles. The molecule has 8 heteroatoms. The Morgan fingerprint density at radius 2 is 2.16 bits per heavy atom. The molecule has 0 N–H and O–H groups in total. The number of aromatic nitrogens is 3. The highest BCUT2D eigenvalue weighted by atomic mass is 35.5. The third-order valence-electron chi connectivity index (χ3n) is 3.30. The van der Waals surface area contributed by atoms with E-state index in [4.69, 9.17) is 11.6 Å². The standard InChI is InChI=1S/C11H10ClF3N4/c1-6-4-16-9-10(17-8(12)5-19(6)9)18-3-2-7(18)11(13,14)15/h4-5,7H,2-3H2,1H3/t7-/m1/s1. The molecular formula is C11H10ClF3N4. The predicted molar refractivity (Wildman–Crippen MR) is 64.5 cm³/mol. The van der Waals surface area contributed by atoms with Crippen LogP contribution in [0.25, 0.3) is 5.65 Å². The Kier molecular flexibility index (Phi) is 2.63. The Morgan fingerprint density at radius 3 is 2.74 bits per heavy atom. The van der Waals surface area contributed by atoms with E-state index in [0.29, 0.717) is 12.2 Å². The zero-order chi connectivity index (χ0) is 13.8. The van der Waals surface area contributed by atoms with Crippen molar-refractivity contribution < 1.29 is 13.2 Å². The molecule has 1 atom stereocenters. The molecule has 4 nitrogen and oxygen atoms in total. The second-order valence-electron chi connectivity index (χ2n) is 4.52. The van der Waals surface area contributed by atoms with Gasteiger partial charge in [0.15, 0.2) is 11.5 Å². The van der Waals surface area contributed by atoms with Gasteiger partial charge < -0.3 is 4.90 Å². The fourth-order valence-corrected chi connectivity index (χ4v) is 2.41. The molecule has 1 aliphatic heterocycles. The van der Waals surface area contributed by atoms with E-state index < -0.39 is 12.2 Å². The maximum atomic E-state index is 12.8. The molecule has 1 saturated heterocycles. The fourth-order valence-electron chi connectivity index (χ4n) is 2.23. The highest BCUT2D eigenvalue weighted by Crippen LogP contribution is 2.38. The van der Waals surface area contributed by atoms with Gasteiger partial charge in [-0.15, -0.1) is 0 Å². The van der Waals surface area contributed by atoms with Gasteiger partial charge in [-0.3, -0.25) is 4.40 Å². The van der Waals surface area contributed by atoms with E-state index in [1.165, 1.54) is 4.90 Å². The van der Waals surface area contributed by atoms with Crippen molar-refractivity contribution in [3.8, 4) is 0 Å². The van der Waals surface area contributed by atoms with Crippen molar-refractivity contribution in [2.75, 3.05) is 11.4 Å². The van der Waals surface area contributed by atoms with Crippen molar-refractivity contribution in [1.29, 1.82) is 0 Å². The predicted octanol–water partition coefficient (Wildman–Crippen LogP) is 2.83. The van der Waals surface area contributed by atoms with Crippen LogP contribution >= 0.6 is 11.6 Å². The number of nitrogens with zero attached hydrogens (tertiary/aromatic N) is 4. The first-order valence-corrected chi connectivity index (χ1v) is 6.09. The van der Waals surface area contributed by atoms with Crippen LogP contribution in [0.3, 0.4) is 0 Å². The minimum absolute atomic E-state index is 0.0730. The zero-order valence-corrected chi connectivity index (χ0v) is 10.7. The highest BCUT2D eigenvalue weighted by Gasteiger charge is 2.49. The van der Waals surface area contributed by atoms with Crippen LogP contribution in [0.4, 0.5) is 19.0 Å². The SMILES string of the molecule is Cc1cnc2c(N3CC[C@@H]3C(F)(F)F)nc(Cl)cn12. The molecule has 2 aromatic heterocycles. The summed E-state index contributed by atoms with van der Waals surface area (Å²) in [6.45, 7) is 2.11. The highest BCUT2D eigenvalue weighted by molar-refractivity contribution is 6.29. The molecule has 3 rings (SSSR count). The van der Waals surface area contributed by atoms with Crippen molar-refractivity contribution in [2.24, 2.45) is 0 Å². The molecule has 0 aliphatic carbocycles. The number of imidazole rings is 1. The molecule has 0 saturated carbocycles. The van der Waals surface area contributed by atoms with Crippen molar-refractivity contribution in [2.45, 2.75) is 25.6 Å². The van der Waals surface area contributed by atoms with Gasteiger partial charge in [0.2, 0.25) is 0 Å². The van der Waals surface area contributed by atoms with Gasteiger partial charge in [0.25, 0.3) is 0 Å². The Hall–Kier alpha value is -1.50. The van der Waals surface area contributed by atoms with E-state index in [1.54, 1.807) is 23.7 Å². The van der Waals surface area contributed by atoms with Crippen LogP contribution in [0.15, 0.2) is 12.4 Å². The molecule has 19 heavy (non-hydrogen) atoms. The van der Waals surface area contributed by atoms with Gasteiger partial charge in [-0.25, -0.2) is 9.97 Å². The number of halogens is 4. The first kappa shape index (κ1) is 12.5. The van der Waals surface area contributed by atoms with Crippen molar-refractivity contribution in [1.82, 2.24) is 14.4 Å². The van der Waals surface area contributed by atoms with Crippen molar-refractivity contribution in [3.05, 3.63) is 23.2 Å². The number of aryl methyl sites for hydroxylation is 1. The second kappa shape index (κ2) is 4.00. The fraction of sp³-hybridized carbons (Fsp3) is 0.455. The number of anilines is 1. The monoisotopic (exact) mass is 290 g/mol. The molecule has 0 radical (unpaired) electrons. The first-order chi connectivity index (χ1) is 8.88. The average Bonchev–Trinajstić information content (AvgIpc) is 2.56. The summed E-state index contributed by atoms with van der Waals surface area (Å²) < 4.78 is 40.1. The van der Waals surface area contributed by atoms with Crippen LogP contribution in [-0.4, -0.2) is 33.1 Å². The first-order valence-electron chi connectivity index (χ1n) is 5.71. The summed E-state index contributed by atoms with van der Waals surface area (Å²) in [6.07, 6.45) is -1.06. The smallest absolute Gasteiger partial charge is 0.341 e. The molecule has 0 spiro atoms. The Morgan fingerprint density at radius 1 is 1.42 bits per heavy atom. The summed E-state index contributed by atoms with van der Waals surface area (Å²) >= 11 is 5.87. The van der Waals surface area contributed by atoms with Gasteiger partial charge in [-0.05, 0) is 13.3 Å². The average molecular weight is 291 g/mol. The van der Waals surface area contributed by atoms with Crippen LogP contribution in [0, 0.1) is 6.92 Å². The summed E-state index contributed by atoms with van der Waals surface area (Å²) in [5.41, 5.74) is 1.19. The molecule has 1 fully saturated rings. The second-order valence-corrected chi connectivity index (χ2v) is 4.91. The lowest BCUT2D eigenvalue weighted by Crippen LogP contribution is -2.56. The Bertz CT molecular complexity index is 637. The van der Waals surface area contributed by atoms with Gasteiger partial charge in [-0.1, -0.05) is 11.6 Å². The summed E-state index contributed by atoms with van der Waals surface area (Å²) in [5, 5.41) is 0.149. The number of hydrogen-bond donors (Lipinski definition) is 0.